The first kappa shape index (κ1) is 14.4. The van der Waals surface area contributed by atoms with E-state index in [9.17, 15) is 4.79 Å². The van der Waals surface area contributed by atoms with Crippen LogP contribution >= 0.6 is 0 Å². The smallest absolute Gasteiger partial charge is 0.257 e. The van der Waals surface area contributed by atoms with Crippen LogP contribution in [-0.4, -0.2) is 42.1 Å². The van der Waals surface area contributed by atoms with Crippen molar-refractivity contribution in [3.8, 4) is 11.5 Å². The molecule has 2 aromatic rings. The van der Waals surface area contributed by atoms with E-state index in [1.165, 1.54) is 0 Å². The molecule has 5 heteroatoms. The van der Waals surface area contributed by atoms with E-state index < -0.39 is 0 Å². The van der Waals surface area contributed by atoms with Gasteiger partial charge < -0.3 is 14.4 Å². The zero-order chi connectivity index (χ0) is 15.4. The summed E-state index contributed by atoms with van der Waals surface area (Å²) in [5.74, 6) is 1.37. The van der Waals surface area contributed by atoms with E-state index in [1.54, 1.807) is 31.6 Å². The summed E-state index contributed by atoms with van der Waals surface area (Å²) in [6.45, 7) is 1.27. The summed E-state index contributed by atoms with van der Waals surface area (Å²) in [6.07, 6.45) is 4.23. The van der Waals surface area contributed by atoms with E-state index >= 15 is 0 Å². The first-order valence-corrected chi connectivity index (χ1v) is 7.27. The van der Waals surface area contributed by atoms with Crippen molar-refractivity contribution < 1.29 is 14.3 Å². The van der Waals surface area contributed by atoms with Gasteiger partial charge in [0.15, 0.2) is 0 Å². The molecule has 1 aliphatic heterocycles. The molecule has 1 fully saturated rings. The van der Waals surface area contributed by atoms with Crippen molar-refractivity contribution in [3.63, 3.8) is 0 Å². The Labute approximate surface area is 129 Å². The SMILES string of the molecule is COc1ccccc1C(=O)N1CC[C@H](Oc2ccncc2)C1. The molecule has 3 rings (SSSR count). The Balaban J connectivity index is 1.66. The highest BCUT2D eigenvalue weighted by Crippen LogP contribution is 2.23. The van der Waals surface area contributed by atoms with Crippen molar-refractivity contribution in [1.82, 2.24) is 9.88 Å². The van der Waals surface area contributed by atoms with Crippen LogP contribution in [0.15, 0.2) is 48.8 Å². The number of hydrogen-bond donors (Lipinski definition) is 0. The molecule has 114 valence electrons. The number of hydrogen-bond acceptors (Lipinski definition) is 4. The number of pyridine rings is 1. The minimum absolute atomic E-state index is 0.0149. The Morgan fingerprint density at radius 2 is 2.00 bits per heavy atom. The maximum absolute atomic E-state index is 12.6. The van der Waals surface area contributed by atoms with Gasteiger partial charge in [-0.1, -0.05) is 12.1 Å². The number of carbonyl (C=O) groups excluding carboxylic acids is 1. The average Bonchev–Trinajstić information content (AvgIpc) is 3.03. The molecule has 0 N–H and O–H groups in total. The third-order valence-electron chi connectivity index (χ3n) is 3.72. The van der Waals surface area contributed by atoms with Crippen molar-refractivity contribution in [2.24, 2.45) is 0 Å². The number of para-hydroxylation sites is 1. The Kier molecular flexibility index (Phi) is 4.23. The molecule has 0 saturated carbocycles. The number of benzene rings is 1. The van der Waals surface area contributed by atoms with Crippen LogP contribution < -0.4 is 9.47 Å². The molecule has 1 aromatic carbocycles. The van der Waals surface area contributed by atoms with E-state index in [4.69, 9.17) is 9.47 Å². The van der Waals surface area contributed by atoms with Crippen molar-refractivity contribution >= 4 is 5.91 Å². The topological polar surface area (TPSA) is 51.7 Å². The largest absolute Gasteiger partial charge is 0.496 e. The Morgan fingerprint density at radius 3 is 2.77 bits per heavy atom. The highest BCUT2D eigenvalue weighted by Gasteiger charge is 2.29. The fourth-order valence-electron chi connectivity index (χ4n) is 2.61. The molecule has 2 heterocycles. The van der Waals surface area contributed by atoms with Crippen LogP contribution in [0.4, 0.5) is 0 Å². The van der Waals surface area contributed by atoms with Gasteiger partial charge in [0.25, 0.3) is 5.91 Å². The van der Waals surface area contributed by atoms with E-state index in [-0.39, 0.29) is 12.0 Å². The van der Waals surface area contributed by atoms with Gasteiger partial charge in [-0.3, -0.25) is 9.78 Å². The predicted octanol–water partition coefficient (Wildman–Crippen LogP) is 2.38. The number of likely N-dealkylation sites (tertiary alicyclic amines) is 1. The quantitative estimate of drug-likeness (QED) is 0.869. The number of methoxy groups -OCH3 is 1. The summed E-state index contributed by atoms with van der Waals surface area (Å²) in [4.78, 5) is 18.4. The van der Waals surface area contributed by atoms with Crippen LogP contribution in [0.5, 0.6) is 11.5 Å². The minimum atomic E-state index is -0.0155. The number of ether oxygens (including phenoxy) is 2. The number of rotatable bonds is 4. The maximum atomic E-state index is 12.6. The van der Waals surface area contributed by atoms with Gasteiger partial charge in [0.1, 0.15) is 17.6 Å². The highest BCUT2D eigenvalue weighted by molar-refractivity contribution is 5.97. The number of aromatic nitrogens is 1. The summed E-state index contributed by atoms with van der Waals surface area (Å²) in [5.41, 5.74) is 0.592. The lowest BCUT2D eigenvalue weighted by Gasteiger charge is -2.18. The molecule has 1 aromatic heterocycles. The summed E-state index contributed by atoms with van der Waals surface area (Å²) in [5, 5.41) is 0. The average molecular weight is 298 g/mol. The van der Waals surface area contributed by atoms with Crippen LogP contribution in [0, 0.1) is 0 Å². The lowest BCUT2D eigenvalue weighted by molar-refractivity contribution is 0.0769. The molecule has 22 heavy (non-hydrogen) atoms. The first-order chi connectivity index (χ1) is 10.8. The molecule has 0 unspecified atom stereocenters. The second-order valence-electron chi connectivity index (χ2n) is 5.16. The van der Waals surface area contributed by atoms with E-state index in [1.807, 2.05) is 29.2 Å². The Bertz CT molecular complexity index is 645. The molecule has 0 bridgehead atoms. The van der Waals surface area contributed by atoms with Crippen LogP contribution in [0.2, 0.25) is 0 Å². The summed E-state index contributed by atoms with van der Waals surface area (Å²) < 4.78 is 11.1. The molecule has 0 aliphatic carbocycles. The molecular weight excluding hydrogens is 280 g/mol. The Morgan fingerprint density at radius 1 is 1.23 bits per heavy atom. The van der Waals surface area contributed by atoms with Gasteiger partial charge in [-0.2, -0.15) is 0 Å². The highest BCUT2D eigenvalue weighted by atomic mass is 16.5. The summed E-state index contributed by atoms with van der Waals surface area (Å²) >= 11 is 0. The predicted molar refractivity (Wildman–Crippen MR) is 82.2 cm³/mol. The maximum Gasteiger partial charge on any atom is 0.257 e. The van der Waals surface area contributed by atoms with E-state index in [0.29, 0.717) is 24.4 Å². The second-order valence-corrected chi connectivity index (χ2v) is 5.16. The lowest BCUT2D eigenvalue weighted by atomic mass is 10.2. The van der Waals surface area contributed by atoms with Crippen molar-refractivity contribution in [2.75, 3.05) is 20.2 Å². The molecular formula is C17H18N2O3. The van der Waals surface area contributed by atoms with Gasteiger partial charge in [0.05, 0.1) is 19.2 Å². The van der Waals surface area contributed by atoms with Crippen molar-refractivity contribution in [2.45, 2.75) is 12.5 Å². The normalized spacial score (nSPS) is 17.3. The molecule has 0 radical (unpaired) electrons. The monoisotopic (exact) mass is 298 g/mol. The van der Waals surface area contributed by atoms with Gasteiger partial charge >= 0.3 is 0 Å². The summed E-state index contributed by atoms with van der Waals surface area (Å²) in [6, 6.07) is 10.9. The standard InChI is InChI=1S/C17H18N2O3/c1-21-16-5-3-2-4-15(16)17(20)19-11-8-14(12-19)22-13-6-9-18-10-7-13/h2-7,9-10,14H,8,11-12H2,1H3/t14-/m0/s1. The van der Waals surface area contributed by atoms with Gasteiger partial charge in [-0.15, -0.1) is 0 Å². The molecule has 1 atom stereocenters. The number of carbonyl (C=O) groups is 1. The van der Waals surface area contributed by atoms with Crippen LogP contribution in [0.1, 0.15) is 16.8 Å². The fraction of sp³-hybridized carbons (Fsp3) is 0.294. The third kappa shape index (κ3) is 3.03. The van der Waals surface area contributed by atoms with Crippen molar-refractivity contribution in [1.29, 1.82) is 0 Å². The van der Waals surface area contributed by atoms with Gasteiger partial charge in [-0.25, -0.2) is 0 Å². The van der Waals surface area contributed by atoms with Crippen LogP contribution in [-0.2, 0) is 0 Å². The van der Waals surface area contributed by atoms with E-state index in [0.717, 1.165) is 12.2 Å². The van der Waals surface area contributed by atoms with Gasteiger partial charge in [-0.05, 0) is 24.3 Å². The fourth-order valence-corrected chi connectivity index (χ4v) is 2.61. The molecule has 1 amide bonds. The third-order valence-corrected chi connectivity index (χ3v) is 3.72. The zero-order valence-electron chi connectivity index (χ0n) is 12.4. The van der Waals surface area contributed by atoms with E-state index in [2.05, 4.69) is 4.98 Å². The zero-order valence-corrected chi connectivity index (χ0v) is 12.4. The van der Waals surface area contributed by atoms with Crippen LogP contribution in [0.25, 0.3) is 0 Å². The Hall–Kier alpha value is -2.56. The van der Waals surface area contributed by atoms with Gasteiger partial charge in [0.2, 0.25) is 0 Å². The van der Waals surface area contributed by atoms with Gasteiger partial charge in [0, 0.05) is 25.4 Å². The first-order valence-electron chi connectivity index (χ1n) is 7.27. The molecule has 0 spiro atoms. The number of amides is 1. The van der Waals surface area contributed by atoms with Crippen molar-refractivity contribution in [3.05, 3.63) is 54.4 Å². The second kappa shape index (κ2) is 6.47. The lowest BCUT2D eigenvalue weighted by Crippen LogP contribution is -2.31. The molecule has 1 saturated heterocycles. The molecule has 5 nitrogen and oxygen atoms in total. The number of nitrogens with zero attached hydrogens (tertiary/aromatic N) is 2. The van der Waals surface area contributed by atoms with Crippen LogP contribution in [0.3, 0.4) is 0 Å². The summed E-state index contributed by atoms with van der Waals surface area (Å²) in [7, 11) is 1.57. The molecule has 1 aliphatic rings. The minimum Gasteiger partial charge on any atom is -0.496 e.